The molecule has 0 saturated heterocycles. The topological polar surface area (TPSA) is 90.5 Å². The van der Waals surface area contributed by atoms with Crippen LogP contribution >= 0.6 is 0 Å². The Bertz CT molecular complexity index is 4570. The van der Waals surface area contributed by atoms with Crippen molar-refractivity contribution in [2.24, 2.45) is 17.8 Å². The monoisotopic (exact) mass is 972 g/mol. The Morgan fingerprint density at radius 3 is 1.43 bits per heavy atom. The van der Waals surface area contributed by atoms with E-state index in [0.29, 0.717) is 47.1 Å². The van der Waals surface area contributed by atoms with Crippen molar-refractivity contribution in [3.63, 3.8) is 0 Å². The van der Waals surface area contributed by atoms with Gasteiger partial charge in [-0.25, -0.2) is 0 Å². The maximum atomic E-state index is 14.7. The highest BCUT2D eigenvalue weighted by Gasteiger charge is 2.45. The molecular formula is C69H56N4O2. The van der Waals surface area contributed by atoms with Crippen molar-refractivity contribution in [1.82, 2.24) is 8.80 Å². The molecule has 0 N–H and O–H groups in total. The molecule has 4 fully saturated rings. The first-order valence-electron chi connectivity index (χ1n) is 29.6. The lowest BCUT2D eigenvalue weighted by Gasteiger charge is -2.39. The molecule has 6 aromatic carbocycles. The molecule has 8 bridgehead atoms. The Morgan fingerprint density at radius 1 is 0.413 bits per heavy atom. The van der Waals surface area contributed by atoms with Crippen molar-refractivity contribution in [3.8, 4) is 23.3 Å². The maximum absolute atomic E-state index is 14.7. The lowest BCUT2D eigenvalue weighted by atomic mass is 9.64. The maximum Gasteiger partial charge on any atom is 0.166 e. The van der Waals surface area contributed by atoms with E-state index in [-0.39, 0.29) is 11.8 Å². The van der Waals surface area contributed by atoms with Crippen molar-refractivity contribution in [1.29, 1.82) is 10.5 Å². The average molecular weight is 973 g/mol. The van der Waals surface area contributed by atoms with Crippen molar-refractivity contribution in [2.75, 3.05) is 0 Å². The minimum absolute atomic E-state index is 0.119. The summed E-state index contributed by atoms with van der Waals surface area (Å²) in [6.45, 7) is 0. The fourth-order valence-corrected chi connectivity index (χ4v) is 20.7. The summed E-state index contributed by atoms with van der Waals surface area (Å²) in [4.78, 5) is 29.3. The van der Waals surface area contributed by atoms with Crippen LogP contribution in [0.1, 0.15) is 220 Å². The van der Waals surface area contributed by atoms with Gasteiger partial charge in [-0.2, -0.15) is 10.5 Å². The molecule has 4 saturated carbocycles. The number of fused-ring (bicyclic) bond motifs is 27. The Kier molecular flexibility index (Phi) is 7.26. The number of nitriles is 2. The summed E-state index contributed by atoms with van der Waals surface area (Å²) in [5.74, 6) is 3.73. The van der Waals surface area contributed by atoms with Gasteiger partial charge in [-0.05, 0) is 261 Å². The molecule has 0 amide bonds. The number of nitrogens with zero attached hydrogens (tertiary/aromatic N) is 4. The Balaban J connectivity index is 0.998. The molecule has 13 aliphatic rings. The molecule has 10 aromatic rings. The second-order valence-corrected chi connectivity index (χ2v) is 26.3. The molecule has 4 heterocycles. The van der Waals surface area contributed by atoms with Crippen LogP contribution < -0.4 is 0 Å². The van der Waals surface area contributed by atoms with E-state index in [1.54, 1.807) is 0 Å². The van der Waals surface area contributed by atoms with E-state index in [1.165, 1.54) is 183 Å². The number of rotatable bonds is 0. The van der Waals surface area contributed by atoms with Crippen molar-refractivity contribution >= 4 is 87.8 Å². The molecule has 75 heavy (non-hydrogen) atoms. The van der Waals surface area contributed by atoms with Crippen LogP contribution in [0.15, 0.2) is 36.4 Å². The van der Waals surface area contributed by atoms with Crippen LogP contribution in [0.2, 0.25) is 0 Å². The predicted molar refractivity (Wildman–Crippen MR) is 296 cm³/mol. The van der Waals surface area contributed by atoms with Crippen molar-refractivity contribution in [2.45, 2.75) is 164 Å². The van der Waals surface area contributed by atoms with Crippen LogP contribution in [0.5, 0.6) is 0 Å². The first-order valence-corrected chi connectivity index (χ1v) is 29.6. The fourth-order valence-electron chi connectivity index (χ4n) is 20.7. The third-order valence-corrected chi connectivity index (χ3v) is 23.6. The van der Waals surface area contributed by atoms with Crippen LogP contribution in [-0.2, 0) is 32.1 Å². The van der Waals surface area contributed by atoms with Crippen LogP contribution in [0.4, 0.5) is 0 Å². The minimum atomic E-state index is 0.119. The third-order valence-electron chi connectivity index (χ3n) is 23.6. The second kappa shape index (κ2) is 13.4. The number of carbonyl (C=O) groups is 2. The summed E-state index contributed by atoms with van der Waals surface area (Å²) in [5.41, 5.74) is 28.2. The summed E-state index contributed by atoms with van der Waals surface area (Å²) in [6.07, 6.45) is 22.8. The quantitative estimate of drug-likeness (QED) is 0.151. The standard InChI is InChI=1S/C69H56N4O2/c70-28-38-22-53-62(50-21-30-2-1-3-37(20-30)55(38)50)63-42-18-19-43-59-41(17-16-40(58(42)59)60-48-24-44-31-4-12-35(13-5-31)68(74)46(44)26-51(48)72(53)66(60)63)61-49-25-45-32-6-14-36(15-7-32)69(75)47(45)27-52(49)73-54-23-39(29-71)56-33-8-10-34(11-9-33)57(56)65(54)64(43)67(61)73/h22-27,30-37H,1-21H2. The number of ketones is 2. The van der Waals surface area contributed by atoms with Gasteiger partial charge in [0, 0.05) is 66.1 Å². The van der Waals surface area contributed by atoms with Gasteiger partial charge in [0.05, 0.1) is 56.4 Å². The first kappa shape index (κ1) is 40.5. The molecule has 13 aliphatic carbocycles. The van der Waals surface area contributed by atoms with Gasteiger partial charge in [0.2, 0.25) is 0 Å². The molecule has 364 valence electrons. The normalized spacial score (nSPS) is 27.7. The number of aromatic nitrogens is 2. The van der Waals surface area contributed by atoms with Gasteiger partial charge in [-0.15, -0.1) is 0 Å². The van der Waals surface area contributed by atoms with Gasteiger partial charge in [0.25, 0.3) is 0 Å². The van der Waals surface area contributed by atoms with Crippen LogP contribution in [0, 0.1) is 40.4 Å². The lowest BCUT2D eigenvalue weighted by Crippen LogP contribution is -2.24. The van der Waals surface area contributed by atoms with Crippen LogP contribution in [0.3, 0.4) is 0 Å². The number of aryl methyl sites for hydroxylation is 4. The first-order chi connectivity index (χ1) is 36.9. The van der Waals surface area contributed by atoms with E-state index in [0.717, 1.165) is 117 Å². The van der Waals surface area contributed by atoms with Gasteiger partial charge in [-0.1, -0.05) is 12.8 Å². The summed E-state index contributed by atoms with van der Waals surface area (Å²) in [5, 5.41) is 33.4. The Morgan fingerprint density at radius 2 is 0.880 bits per heavy atom. The summed E-state index contributed by atoms with van der Waals surface area (Å²) in [7, 11) is 0. The highest BCUT2D eigenvalue weighted by atomic mass is 16.1. The van der Waals surface area contributed by atoms with Gasteiger partial charge in [0.1, 0.15) is 0 Å². The molecular weight excluding hydrogens is 917 g/mol. The summed E-state index contributed by atoms with van der Waals surface area (Å²) >= 11 is 0. The smallest absolute Gasteiger partial charge is 0.166 e. The van der Waals surface area contributed by atoms with Gasteiger partial charge in [-0.3, -0.25) is 9.59 Å². The zero-order chi connectivity index (χ0) is 48.8. The lowest BCUT2D eigenvalue weighted by molar-refractivity contribution is 0.0891. The molecule has 0 spiro atoms. The zero-order valence-corrected chi connectivity index (χ0v) is 42.5. The van der Waals surface area contributed by atoms with Crippen LogP contribution in [-0.4, -0.2) is 20.4 Å². The average Bonchev–Trinajstić information content (AvgIpc) is 4.12. The van der Waals surface area contributed by atoms with Gasteiger partial charge < -0.3 is 8.80 Å². The van der Waals surface area contributed by atoms with Gasteiger partial charge in [0.15, 0.2) is 11.6 Å². The highest BCUT2D eigenvalue weighted by Crippen LogP contribution is 2.62. The molecule has 4 aromatic heterocycles. The molecule has 2 atom stereocenters. The largest absolute Gasteiger partial charge is 0.308 e. The van der Waals surface area contributed by atoms with Crippen molar-refractivity contribution < 1.29 is 9.59 Å². The van der Waals surface area contributed by atoms with E-state index in [1.807, 2.05) is 0 Å². The predicted octanol–water partition coefficient (Wildman–Crippen LogP) is 16.1. The molecule has 23 rings (SSSR count). The van der Waals surface area contributed by atoms with E-state index in [9.17, 15) is 20.1 Å². The van der Waals surface area contributed by atoms with E-state index in [4.69, 9.17) is 0 Å². The molecule has 0 radical (unpaired) electrons. The molecule has 2 unspecified atom stereocenters. The number of hydrogen-bond acceptors (Lipinski definition) is 4. The van der Waals surface area contributed by atoms with E-state index < -0.39 is 0 Å². The van der Waals surface area contributed by atoms with Gasteiger partial charge >= 0.3 is 0 Å². The zero-order valence-electron chi connectivity index (χ0n) is 42.5. The van der Waals surface area contributed by atoms with Crippen molar-refractivity contribution in [3.05, 3.63) is 114 Å². The molecule has 0 aliphatic heterocycles. The Hall–Kier alpha value is -6.76. The molecule has 6 nitrogen and oxygen atoms in total. The number of benzene rings is 6. The van der Waals surface area contributed by atoms with E-state index in [2.05, 4.69) is 57.3 Å². The molecule has 6 heteroatoms. The van der Waals surface area contributed by atoms with E-state index >= 15 is 0 Å². The summed E-state index contributed by atoms with van der Waals surface area (Å²) < 4.78 is 5.18. The minimum Gasteiger partial charge on any atom is -0.308 e. The third kappa shape index (κ3) is 4.53. The summed E-state index contributed by atoms with van der Waals surface area (Å²) in [6, 6.07) is 19.9. The van der Waals surface area contributed by atoms with Crippen LogP contribution in [0.25, 0.3) is 87.3 Å². The number of carbonyl (C=O) groups excluding carboxylic acids is 2. The Labute approximate surface area is 434 Å². The highest BCUT2D eigenvalue weighted by molar-refractivity contribution is 6.32. The number of hydrogen-bond donors (Lipinski definition) is 0. The number of Topliss-reactive ketones (excluding diaryl/α,β-unsaturated/α-hetero) is 2. The second-order valence-electron chi connectivity index (χ2n) is 26.3. The fraction of sp³-hybridized carbons (Fsp3) is 0.420. The SMILES string of the molecule is N#Cc1cc2c(c3c1C1CCCC(C3)C1)c1c3c4c(c5c6cc7c(cc6n2c51)C(=O)C1CCC7CC1)CCc1c-4c(c2c4c5c(c(C#N)cc4n4c6cc7c(cc6c1c24)C1CCC(CC1)C7=O)C1CCC5CC1)CC3.